The Morgan fingerprint density at radius 2 is 1.76 bits per heavy atom. The Morgan fingerprint density at radius 1 is 1.07 bits per heavy atom. The van der Waals surface area contributed by atoms with Crippen LogP contribution in [0, 0.1) is 0 Å². The van der Waals surface area contributed by atoms with Crippen LogP contribution in [0.4, 0.5) is 4.79 Å². The van der Waals surface area contributed by atoms with Crippen molar-refractivity contribution in [3.8, 4) is 5.75 Å². The summed E-state index contributed by atoms with van der Waals surface area (Å²) in [5.41, 5.74) is 4.61. The fourth-order valence-corrected chi connectivity index (χ4v) is 5.69. The molecule has 0 bridgehead atoms. The molecule has 6 atom stereocenters. The number of benzene rings is 1. The minimum atomic E-state index is -1.50. The van der Waals surface area contributed by atoms with E-state index < -0.39 is 65.6 Å². The third kappa shape index (κ3) is 6.88. The van der Waals surface area contributed by atoms with Crippen molar-refractivity contribution >= 4 is 29.7 Å². The van der Waals surface area contributed by atoms with Gasteiger partial charge in [0.05, 0.1) is 19.3 Å². The van der Waals surface area contributed by atoms with E-state index in [4.69, 9.17) is 15.6 Å². The number of carbonyl (C=O) groups is 5. The molecule has 0 aromatic heterocycles. The molecule has 41 heavy (non-hydrogen) atoms. The number of aliphatic hydroxyl groups excluding tert-OH is 2. The van der Waals surface area contributed by atoms with Crippen LogP contribution in [0.3, 0.4) is 0 Å². The number of nitrogens with one attached hydrogen (secondary N) is 2. The zero-order chi connectivity index (χ0) is 30.5. The van der Waals surface area contributed by atoms with Crippen LogP contribution in [0.2, 0.25) is 0 Å². The van der Waals surface area contributed by atoms with Crippen molar-refractivity contribution in [2.24, 2.45) is 5.73 Å². The van der Waals surface area contributed by atoms with E-state index >= 15 is 0 Å². The Hall–Kier alpha value is -3.91. The maximum absolute atomic E-state index is 14.2. The third-order valence-corrected chi connectivity index (χ3v) is 7.73. The summed E-state index contributed by atoms with van der Waals surface area (Å²) in [5.74, 6) is -2.35. The second-order valence-electron chi connectivity index (χ2n) is 10.6. The zero-order valence-electron chi connectivity index (χ0n) is 23.4. The first-order valence-electron chi connectivity index (χ1n) is 13.5. The van der Waals surface area contributed by atoms with E-state index in [2.05, 4.69) is 5.32 Å². The molecule has 0 spiro atoms. The van der Waals surface area contributed by atoms with Crippen molar-refractivity contribution in [3.63, 3.8) is 0 Å². The predicted octanol–water partition coefficient (Wildman–Crippen LogP) is -1.04. The number of methoxy groups -OCH3 is 1. The van der Waals surface area contributed by atoms with Crippen LogP contribution in [0.1, 0.15) is 45.1 Å². The van der Waals surface area contributed by atoms with E-state index in [1.807, 2.05) is 5.32 Å². The van der Waals surface area contributed by atoms with Crippen molar-refractivity contribution in [1.29, 1.82) is 0 Å². The minimum Gasteiger partial charge on any atom is -0.497 e. The van der Waals surface area contributed by atoms with E-state index in [9.17, 15) is 34.2 Å². The van der Waals surface area contributed by atoms with Gasteiger partial charge < -0.3 is 46.2 Å². The number of ether oxygens (including phenoxy) is 1. The molecular formula is C27H39N5O9. The molecule has 7 N–H and O–H groups in total. The smallest absolute Gasteiger partial charge is 0.405 e. The SMILES string of the molecule is COc1cccc(CC2(C(=O)N[C@H](C(N)=O)[C@@H](C)O)CCCN2C(=O)C2CCCN2C(=O)[C@@H](NC(=O)O)[C@@H](C)O)c1. The van der Waals surface area contributed by atoms with Crippen LogP contribution in [0.25, 0.3) is 0 Å². The molecular weight excluding hydrogens is 538 g/mol. The van der Waals surface area contributed by atoms with Crippen molar-refractivity contribution in [3.05, 3.63) is 29.8 Å². The Kier molecular flexibility index (Phi) is 10.2. The van der Waals surface area contributed by atoms with Crippen LogP contribution >= 0.6 is 0 Å². The van der Waals surface area contributed by atoms with Gasteiger partial charge in [-0.3, -0.25) is 19.2 Å². The molecule has 5 amide bonds. The number of hydrogen-bond donors (Lipinski definition) is 6. The molecule has 14 heteroatoms. The van der Waals surface area contributed by atoms with Gasteiger partial charge in [-0.1, -0.05) is 12.1 Å². The average Bonchev–Trinajstić information content (AvgIpc) is 3.57. The van der Waals surface area contributed by atoms with Crippen LogP contribution in [0.15, 0.2) is 24.3 Å². The fraction of sp³-hybridized carbons (Fsp3) is 0.593. The summed E-state index contributed by atoms with van der Waals surface area (Å²) in [5, 5.41) is 33.9. The lowest BCUT2D eigenvalue weighted by Gasteiger charge is -2.41. The summed E-state index contributed by atoms with van der Waals surface area (Å²) in [6, 6.07) is 3.09. The Morgan fingerprint density at radius 3 is 2.34 bits per heavy atom. The summed E-state index contributed by atoms with van der Waals surface area (Å²) >= 11 is 0. The van der Waals surface area contributed by atoms with Crippen LogP contribution in [-0.4, -0.2) is 111 Å². The summed E-state index contributed by atoms with van der Waals surface area (Å²) in [4.78, 5) is 67.3. The molecule has 2 aliphatic rings. The molecule has 2 fully saturated rings. The standard InChI is InChI=1S/C27H39N5O9/c1-15(33)20(22(28)35)29-25(38)27(14-17-7-4-8-18(13-17)41-3)10-6-12-32(27)23(36)19-9-5-11-31(19)24(37)21(16(2)34)30-26(39)40/h4,7-8,13,15-16,19-21,30,33-34H,5-6,9-12,14H2,1-3H3,(H2,28,35)(H,29,38)(H,39,40)/t15-,16-,19?,20+,21+,27?/m1/s1. The normalized spacial score (nSPS) is 23.3. The molecule has 2 unspecified atom stereocenters. The van der Waals surface area contributed by atoms with E-state index in [1.165, 1.54) is 30.8 Å². The van der Waals surface area contributed by atoms with Crippen molar-refractivity contribution in [2.45, 2.75) is 81.8 Å². The lowest BCUT2D eigenvalue weighted by molar-refractivity contribution is -0.153. The number of aliphatic hydroxyl groups is 2. The number of amides is 5. The van der Waals surface area contributed by atoms with Crippen molar-refractivity contribution in [1.82, 2.24) is 20.4 Å². The first-order chi connectivity index (χ1) is 19.3. The first-order valence-corrected chi connectivity index (χ1v) is 13.5. The molecule has 2 aliphatic heterocycles. The molecule has 1 aromatic carbocycles. The van der Waals surface area contributed by atoms with Gasteiger partial charge in [0.25, 0.3) is 0 Å². The summed E-state index contributed by atoms with van der Waals surface area (Å²) < 4.78 is 5.32. The largest absolute Gasteiger partial charge is 0.497 e. The molecule has 3 rings (SSSR count). The highest BCUT2D eigenvalue weighted by molar-refractivity contribution is 5.98. The van der Waals surface area contributed by atoms with Gasteiger partial charge in [0.15, 0.2) is 0 Å². The van der Waals surface area contributed by atoms with Gasteiger partial charge in [-0.2, -0.15) is 0 Å². The maximum atomic E-state index is 14.2. The topological polar surface area (TPSA) is 212 Å². The lowest BCUT2D eigenvalue weighted by atomic mass is 9.86. The summed E-state index contributed by atoms with van der Waals surface area (Å²) in [7, 11) is 1.50. The van der Waals surface area contributed by atoms with Crippen LogP contribution < -0.4 is 21.1 Å². The number of carbonyl (C=O) groups excluding carboxylic acids is 4. The molecule has 0 aliphatic carbocycles. The Labute approximate surface area is 237 Å². The van der Waals surface area contributed by atoms with E-state index in [1.54, 1.807) is 24.3 Å². The summed E-state index contributed by atoms with van der Waals surface area (Å²) in [6.07, 6.45) is -2.71. The number of likely N-dealkylation sites (tertiary alicyclic amines) is 2. The van der Waals surface area contributed by atoms with E-state index in [0.29, 0.717) is 24.2 Å². The minimum absolute atomic E-state index is 0.0462. The van der Waals surface area contributed by atoms with Gasteiger partial charge in [0.1, 0.15) is 29.4 Å². The van der Waals surface area contributed by atoms with Gasteiger partial charge in [-0.25, -0.2) is 4.79 Å². The number of nitrogens with zero attached hydrogens (tertiary/aromatic N) is 2. The van der Waals surface area contributed by atoms with Crippen molar-refractivity contribution < 1.29 is 44.0 Å². The zero-order valence-corrected chi connectivity index (χ0v) is 23.4. The average molecular weight is 578 g/mol. The number of hydrogen-bond acceptors (Lipinski definition) is 8. The molecule has 2 heterocycles. The number of rotatable bonds is 11. The van der Waals surface area contributed by atoms with E-state index in [-0.39, 0.29) is 32.4 Å². The van der Waals surface area contributed by atoms with E-state index in [0.717, 1.165) is 0 Å². The number of nitrogens with two attached hydrogens (primary N) is 1. The lowest BCUT2D eigenvalue weighted by Crippen LogP contribution is -2.65. The second kappa shape index (κ2) is 13.2. The first kappa shape index (κ1) is 31.6. The molecule has 226 valence electrons. The second-order valence-corrected chi connectivity index (χ2v) is 10.6. The Balaban J connectivity index is 2.00. The van der Waals surface area contributed by atoms with Crippen LogP contribution in [0.5, 0.6) is 5.75 Å². The predicted molar refractivity (Wildman–Crippen MR) is 145 cm³/mol. The highest BCUT2D eigenvalue weighted by atomic mass is 16.5. The quantitative estimate of drug-likeness (QED) is 0.189. The molecule has 2 saturated heterocycles. The highest BCUT2D eigenvalue weighted by Crippen LogP contribution is 2.36. The molecule has 1 aromatic rings. The fourth-order valence-electron chi connectivity index (χ4n) is 5.69. The molecule has 0 radical (unpaired) electrons. The van der Waals surface area contributed by atoms with Gasteiger partial charge in [0, 0.05) is 19.5 Å². The van der Waals surface area contributed by atoms with Crippen LogP contribution in [-0.2, 0) is 25.6 Å². The van der Waals surface area contributed by atoms with Crippen molar-refractivity contribution in [2.75, 3.05) is 20.2 Å². The number of carboxylic acid groups (broad SMARTS) is 1. The number of primary amides is 1. The monoisotopic (exact) mass is 577 g/mol. The third-order valence-electron chi connectivity index (χ3n) is 7.73. The van der Waals surface area contributed by atoms with Gasteiger partial charge in [-0.15, -0.1) is 0 Å². The Bertz CT molecular complexity index is 1160. The van der Waals surface area contributed by atoms with Gasteiger partial charge >= 0.3 is 6.09 Å². The summed E-state index contributed by atoms with van der Waals surface area (Å²) in [6.45, 7) is 2.92. The molecule has 0 saturated carbocycles. The van der Waals surface area contributed by atoms with Gasteiger partial charge in [-0.05, 0) is 57.2 Å². The maximum Gasteiger partial charge on any atom is 0.405 e. The van der Waals surface area contributed by atoms with Gasteiger partial charge in [0.2, 0.25) is 23.6 Å². The molecule has 14 nitrogen and oxygen atoms in total. The highest BCUT2D eigenvalue weighted by Gasteiger charge is 2.53.